The first-order valence-electron chi connectivity index (χ1n) is 1.52. The Kier molecular flexibility index (Phi) is 18.0. The average molecular weight is 164 g/mol. The van der Waals surface area contributed by atoms with Gasteiger partial charge in [0.25, 0.3) is 0 Å². The maximum absolute atomic E-state index is 9.28. The summed E-state index contributed by atoms with van der Waals surface area (Å²) < 4.78 is 0. The van der Waals surface area contributed by atoms with Gasteiger partial charge in [0, 0.05) is 18.4 Å². The third kappa shape index (κ3) is 17.7. The van der Waals surface area contributed by atoms with Crippen LogP contribution in [0.3, 0.4) is 0 Å². The fourth-order valence-electron chi connectivity index (χ4n) is 0.118. The van der Waals surface area contributed by atoms with E-state index in [1.54, 1.807) is 0 Å². The number of carboxylic acids is 2. The first-order chi connectivity index (χ1) is 3.13. The van der Waals surface area contributed by atoms with Crippen LogP contribution >= 0.6 is 0 Å². The first-order valence-corrected chi connectivity index (χ1v) is 1.52. The van der Waals surface area contributed by atoms with Gasteiger partial charge in [-0.2, -0.15) is 0 Å². The van der Waals surface area contributed by atoms with Crippen LogP contribution in [0.5, 0.6) is 0 Å². The van der Waals surface area contributed by atoms with Crippen molar-refractivity contribution in [2.24, 2.45) is 0 Å². The van der Waals surface area contributed by atoms with Gasteiger partial charge in [0.05, 0.1) is 0 Å². The van der Waals surface area contributed by atoms with E-state index >= 15 is 0 Å². The predicted molar refractivity (Wildman–Crippen MR) is 14.6 cm³/mol. The van der Waals surface area contributed by atoms with E-state index in [0.717, 1.165) is 0 Å². The van der Waals surface area contributed by atoms with E-state index in [4.69, 9.17) is 0 Å². The van der Waals surface area contributed by atoms with Gasteiger partial charge in [0.2, 0.25) is 0 Å². The molecule has 0 radical (unpaired) electrons. The van der Waals surface area contributed by atoms with Crippen LogP contribution in [0.4, 0.5) is 0 Å². The van der Waals surface area contributed by atoms with Crippen LogP contribution in [0, 0.1) is 0 Å². The molecular weight excluding hydrogens is 162 g/mol. The fraction of sp³-hybridized carbons (Fsp3) is 0.333. The minimum absolute atomic E-state index is 0. The maximum atomic E-state index is 9.28. The second kappa shape index (κ2) is 9.58. The Labute approximate surface area is 117 Å². The van der Waals surface area contributed by atoms with Gasteiger partial charge in [-0.1, -0.05) is 0 Å². The summed E-state index contributed by atoms with van der Waals surface area (Å²) in [5, 5.41) is 18.6. The molecule has 9 heavy (non-hydrogen) atoms. The molecule has 0 aromatic rings. The third-order valence-corrected chi connectivity index (χ3v) is 0.289. The van der Waals surface area contributed by atoms with Crippen LogP contribution in [0.25, 0.3) is 0 Å². The fourth-order valence-corrected chi connectivity index (χ4v) is 0.118. The van der Waals surface area contributed by atoms with E-state index in [9.17, 15) is 19.8 Å². The van der Waals surface area contributed by atoms with Crippen LogP contribution in [0.1, 0.15) is 6.42 Å². The topological polar surface area (TPSA) is 80.3 Å². The molecular formula is C3H2KNaO4. The van der Waals surface area contributed by atoms with Crippen molar-refractivity contribution in [3.8, 4) is 0 Å². The molecule has 0 bridgehead atoms. The van der Waals surface area contributed by atoms with Crippen molar-refractivity contribution in [1.82, 2.24) is 0 Å². The molecule has 0 amide bonds. The molecule has 0 heterocycles. The van der Waals surface area contributed by atoms with E-state index in [1.165, 1.54) is 0 Å². The van der Waals surface area contributed by atoms with Gasteiger partial charge in [-0.05, 0) is 0 Å². The molecule has 0 N–H and O–H groups in total. The van der Waals surface area contributed by atoms with Crippen LogP contribution in [0.2, 0.25) is 0 Å². The van der Waals surface area contributed by atoms with Gasteiger partial charge in [0.1, 0.15) is 0 Å². The SMILES string of the molecule is O=C([O-])CC(=O)[O-].[K+].[Na+]. The Hall–Kier alpha value is 1.58. The van der Waals surface area contributed by atoms with Crippen molar-refractivity contribution >= 4 is 11.9 Å². The summed E-state index contributed by atoms with van der Waals surface area (Å²) in [6, 6.07) is 0. The molecule has 4 nitrogen and oxygen atoms in total. The molecule has 0 saturated carbocycles. The minimum atomic E-state index is -1.63. The van der Waals surface area contributed by atoms with E-state index in [2.05, 4.69) is 0 Å². The molecule has 0 unspecified atom stereocenters. The molecule has 0 spiro atoms. The molecule has 0 fully saturated rings. The molecule has 0 aliphatic carbocycles. The van der Waals surface area contributed by atoms with Crippen LogP contribution in [0.15, 0.2) is 0 Å². The third-order valence-electron chi connectivity index (χ3n) is 0.289. The number of carbonyl (C=O) groups excluding carboxylic acids is 2. The predicted octanol–water partition coefficient (Wildman–Crippen LogP) is -9.12. The summed E-state index contributed by atoms with van der Waals surface area (Å²) in [6.45, 7) is 0. The minimum Gasteiger partial charge on any atom is -0.550 e. The molecule has 6 heteroatoms. The van der Waals surface area contributed by atoms with E-state index in [-0.39, 0.29) is 80.9 Å². The average Bonchev–Trinajstić information content (AvgIpc) is 1.27. The molecule has 0 saturated heterocycles. The van der Waals surface area contributed by atoms with Crippen molar-refractivity contribution in [2.45, 2.75) is 6.42 Å². The van der Waals surface area contributed by atoms with Gasteiger partial charge in [-0.25, -0.2) is 0 Å². The Morgan fingerprint density at radius 2 is 1.33 bits per heavy atom. The van der Waals surface area contributed by atoms with E-state index < -0.39 is 18.4 Å². The summed E-state index contributed by atoms with van der Waals surface area (Å²) in [6.07, 6.45) is -1.03. The number of carbonyl (C=O) groups is 2. The molecule has 0 rings (SSSR count). The summed E-state index contributed by atoms with van der Waals surface area (Å²) in [5.41, 5.74) is 0. The number of carboxylic acid groups (broad SMARTS) is 2. The largest absolute Gasteiger partial charge is 1.00 e. The first kappa shape index (κ1) is 16.9. The number of hydrogen-bond acceptors (Lipinski definition) is 4. The summed E-state index contributed by atoms with van der Waals surface area (Å²) in [4.78, 5) is 18.6. The molecule has 0 aromatic heterocycles. The van der Waals surface area contributed by atoms with Crippen molar-refractivity contribution in [2.75, 3.05) is 0 Å². The van der Waals surface area contributed by atoms with Gasteiger partial charge < -0.3 is 19.8 Å². The molecule has 0 atom stereocenters. The Morgan fingerprint density at radius 3 is 1.33 bits per heavy atom. The van der Waals surface area contributed by atoms with Crippen LogP contribution in [-0.2, 0) is 9.59 Å². The Morgan fingerprint density at radius 1 is 1.11 bits per heavy atom. The zero-order valence-electron chi connectivity index (χ0n) is 5.34. The Bertz CT molecular complexity index is 92.0. The van der Waals surface area contributed by atoms with Crippen molar-refractivity contribution < 1.29 is 101 Å². The van der Waals surface area contributed by atoms with E-state index in [0.29, 0.717) is 0 Å². The smallest absolute Gasteiger partial charge is 0.550 e. The van der Waals surface area contributed by atoms with Crippen molar-refractivity contribution in [3.63, 3.8) is 0 Å². The van der Waals surface area contributed by atoms with Crippen molar-refractivity contribution in [3.05, 3.63) is 0 Å². The number of aliphatic carboxylic acids is 2. The van der Waals surface area contributed by atoms with Gasteiger partial charge >= 0.3 is 80.9 Å². The molecule has 0 aliphatic heterocycles. The maximum Gasteiger partial charge on any atom is 1.00 e. The standard InChI is InChI=1S/C3H4O4.K.Na/c4-2(5)1-3(6)7;;/h1H2,(H,4,5)(H,6,7);;/q;2*+1/p-2. The zero-order chi connectivity index (χ0) is 5.86. The zero-order valence-corrected chi connectivity index (χ0v) is 10.5. The Balaban J connectivity index is -0.000000180. The normalized spacial score (nSPS) is 6.22. The quantitative estimate of drug-likeness (QED) is 0.300. The summed E-state index contributed by atoms with van der Waals surface area (Å²) >= 11 is 0. The second-order valence-corrected chi connectivity index (χ2v) is 0.921. The van der Waals surface area contributed by atoms with E-state index in [1.807, 2.05) is 0 Å². The van der Waals surface area contributed by atoms with Gasteiger partial charge in [-0.3, -0.25) is 0 Å². The van der Waals surface area contributed by atoms with Crippen LogP contribution in [-0.4, -0.2) is 11.9 Å². The van der Waals surface area contributed by atoms with Crippen molar-refractivity contribution in [1.29, 1.82) is 0 Å². The molecule has 40 valence electrons. The molecule has 0 aliphatic rings. The van der Waals surface area contributed by atoms with Gasteiger partial charge in [-0.15, -0.1) is 0 Å². The van der Waals surface area contributed by atoms with Gasteiger partial charge in [0.15, 0.2) is 0 Å². The monoisotopic (exact) mass is 164 g/mol. The van der Waals surface area contributed by atoms with Crippen LogP contribution < -0.4 is 91.2 Å². The molecule has 0 aromatic carbocycles. The summed E-state index contributed by atoms with van der Waals surface area (Å²) in [7, 11) is 0. The number of rotatable bonds is 2. The second-order valence-electron chi connectivity index (χ2n) is 0.921. The summed E-state index contributed by atoms with van der Waals surface area (Å²) in [5.74, 6) is -3.25. The number of hydrogen-bond donors (Lipinski definition) is 0.